The Labute approximate surface area is 131 Å². The predicted molar refractivity (Wildman–Crippen MR) is 88.8 cm³/mol. The number of aromatic nitrogens is 3. The van der Waals surface area contributed by atoms with E-state index in [0.717, 1.165) is 25.1 Å². The molecule has 0 saturated carbocycles. The summed E-state index contributed by atoms with van der Waals surface area (Å²) in [5.74, 6) is 2.18. The van der Waals surface area contributed by atoms with E-state index in [1.54, 1.807) is 0 Å². The number of fused-ring (bicyclic) bond motifs is 1. The van der Waals surface area contributed by atoms with Crippen LogP contribution in [0.15, 0.2) is 18.2 Å². The summed E-state index contributed by atoms with van der Waals surface area (Å²) in [5, 5.41) is 3.45. The van der Waals surface area contributed by atoms with Crippen molar-refractivity contribution < 1.29 is 0 Å². The average molecular weight is 297 g/mol. The van der Waals surface area contributed by atoms with Gasteiger partial charge in [0, 0.05) is 6.42 Å². The van der Waals surface area contributed by atoms with Gasteiger partial charge in [-0.1, -0.05) is 37.6 Å². The molecule has 1 aliphatic carbocycles. The van der Waals surface area contributed by atoms with Gasteiger partial charge in [0.15, 0.2) is 0 Å². The van der Waals surface area contributed by atoms with Gasteiger partial charge in [0.25, 0.3) is 0 Å². The molecule has 0 amide bonds. The topological polar surface area (TPSA) is 76.7 Å². The van der Waals surface area contributed by atoms with E-state index in [9.17, 15) is 0 Å². The Kier molecular flexibility index (Phi) is 3.96. The number of hydrogen-bond donors (Lipinski definition) is 2. The van der Waals surface area contributed by atoms with Gasteiger partial charge in [-0.05, 0) is 36.8 Å². The molecule has 0 saturated heterocycles. The maximum absolute atomic E-state index is 5.77. The number of rotatable bonds is 3. The molecule has 2 atom stereocenters. The van der Waals surface area contributed by atoms with Crippen LogP contribution >= 0.6 is 0 Å². The second-order valence-electron chi connectivity index (χ2n) is 6.09. The normalized spacial score (nSPS) is 20.5. The molecule has 0 bridgehead atoms. The van der Waals surface area contributed by atoms with Crippen molar-refractivity contribution in [2.24, 2.45) is 0 Å². The number of nitrogens with zero attached hydrogens (tertiary/aromatic N) is 3. The van der Waals surface area contributed by atoms with E-state index in [4.69, 9.17) is 5.73 Å². The summed E-state index contributed by atoms with van der Waals surface area (Å²) in [6.07, 6.45) is 2.98. The van der Waals surface area contributed by atoms with Crippen LogP contribution in [0.25, 0.3) is 0 Å². The fraction of sp³-hybridized carbons (Fsp3) is 0.471. The van der Waals surface area contributed by atoms with Crippen LogP contribution in [0.4, 0.5) is 11.9 Å². The molecule has 3 N–H and O–H groups in total. The summed E-state index contributed by atoms with van der Waals surface area (Å²) in [6, 6.07) is 6.93. The largest absolute Gasteiger partial charge is 0.368 e. The second kappa shape index (κ2) is 5.91. The van der Waals surface area contributed by atoms with Gasteiger partial charge in [0.2, 0.25) is 11.9 Å². The van der Waals surface area contributed by atoms with Crippen molar-refractivity contribution >= 4 is 11.9 Å². The van der Waals surface area contributed by atoms with E-state index in [0.29, 0.717) is 11.9 Å². The number of benzene rings is 1. The highest BCUT2D eigenvalue weighted by Gasteiger charge is 2.25. The molecule has 0 radical (unpaired) electrons. The highest BCUT2D eigenvalue weighted by atomic mass is 15.2. The van der Waals surface area contributed by atoms with Crippen LogP contribution in [0.1, 0.15) is 61.2 Å². The smallest absolute Gasteiger partial charge is 0.228 e. The maximum Gasteiger partial charge on any atom is 0.228 e. The first-order chi connectivity index (χ1) is 10.6. The molecule has 2 aromatic rings. The lowest BCUT2D eigenvalue weighted by Gasteiger charge is -2.30. The molecular formula is C17H23N5. The molecule has 0 spiro atoms. The molecule has 5 nitrogen and oxygen atoms in total. The molecule has 0 unspecified atom stereocenters. The molecule has 1 aliphatic rings. The van der Waals surface area contributed by atoms with E-state index < -0.39 is 0 Å². The van der Waals surface area contributed by atoms with Gasteiger partial charge < -0.3 is 11.1 Å². The zero-order valence-electron chi connectivity index (χ0n) is 13.4. The third-order valence-corrected chi connectivity index (χ3v) is 4.36. The molecular weight excluding hydrogens is 274 g/mol. The van der Waals surface area contributed by atoms with Crippen LogP contribution in [0, 0.1) is 6.92 Å². The molecule has 5 heteroatoms. The first-order valence-electron chi connectivity index (χ1n) is 7.94. The first-order valence-corrected chi connectivity index (χ1v) is 7.94. The van der Waals surface area contributed by atoms with Crippen LogP contribution in [0.3, 0.4) is 0 Å². The standard InChI is InChI=1S/C17H23N5/c1-4-15-20-16(18)22-17(21-15)19-14-8-6-11(3)13-9-10(2)5-7-12(13)14/h5,7,9,11,14H,4,6,8H2,1-3H3,(H3,18,19,20,21,22)/t11-,14+/m0/s1. The number of nitrogen functional groups attached to an aromatic ring is 1. The van der Waals surface area contributed by atoms with E-state index in [1.807, 2.05) is 6.92 Å². The van der Waals surface area contributed by atoms with Crippen molar-refractivity contribution in [3.05, 3.63) is 40.7 Å². The third-order valence-electron chi connectivity index (χ3n) is 4.36. The van der Waals surface area contributed by atoms with Gasteiger partial charge in [0.1, 0.15) is 5.82 Å². The van der Waals surface area contributed by atoms with Gasteiger partial charge in [-0.25, -0.2) is 0 Å². The van der Waals surface area contributed by atoms with Gasteiger partial charge >= 0.3 is 0 Å². The zero-order chi connectivity index (χ0) is 15.7. The van der Waals surface area contributed by atoms with Crippen LogP contribution in [-0.2, 0) is 6.42 Å². The Morgan fingerprint density at radius 3 is 2.77 bits per heavy atom. The molecule has 1 aromatic carbocycles. The minimum Gasteiger partial charge on any atom is -0.368 e. The van der Waals surface area contributed by atoms with Gasteiger partial charge in [-0.3, -0.25) is 0 Å². The van der Waals surface area contributed by atoms with E-state index in [2.05, 4.69) is 52.3 Å². The average Bonchev–Trinajstić information content (AvgIpc) is 2.49. The molecule has 1 aromatic heterocycles. The lowest BCUT2D eigenvalue weighted by molar-refractivity contribution is 0.531. The molecule has 22 heavy (non-hydrogen) atoms. The Morgan fingerprint density at radius 2 is 2.00 bits per heavy atom. The predicted octanol–water partition coefficient (Wildman–Crippen LogP) is 3.38. The Morgan fingerprint density at radius 1 is 1.18 bits per heavy atom. The third kappa shape index (κ3) is 2.89. The van der Waals surface area contributed by atoms with Crippen molar-refractivity contribution in [1.82, 2.24) is 15.0 Å². The summed E-state index contributed by atoms with van der Waals surface area (Å²) >= 11 is 0. The van der Waals surface area contributed by atoms with E-state index in [-0.39, 0.29) is 12.0 Å². The fourth-order valence-electron chi connectivity index (χ4n) is 3.13. The van der Waals surface area contributed by atoms with Crippen LogP contribution in [-0.4, -0.2) is 15.0 Å². The monoisotopic (exact) mass is 297 g/mol. The molecule has 0 aliphatic heterocycles. The molecule has 0 fully saturated rings. The maximum atomic E-state index is 5.77. The van der Waals surface area contributed by atoms with Gasteiger partial charge in [0.05, 0.1) is 6.04 Å². The lowest BCUT2D eigenvalue weighted by Crippen LogP contribution is -2.21. The number of anilines is 2. The van der Waals surface area contributed by atoms with Crippen LogP contribution < -0.4 is 11.1 Å². The van der Waals surface area contributed by atoms with E-state index >= 15 is 0 Å². The van der Waals surface area contributed by atoms with Crippen molar-refractivity contribution in [3.63, 3.8) is 0 Å². The summed E-state index contributed by atoms with van der Waals surface area (Å²) < 4.78 is 0. The van der Waals surface area contributed by atoms with Crippen molar-refractivity contribution in [1.29, 1.82) is 0 Å². The number of nitrogens with two attached hydrogens (primary N) is 1. The lowest BCUT2D eigenvalue weighted by atomic mass is 9.80. The molecule has 116 valence electrons. The molecule has 1 heterocycles. The summed E-state index contributed by atoms with van der Waals surface area (Å²) in [5.41, 5.74) is 9.86. The first kappa shape index (κ1) is 14.8. The molecule has 3 rings (SSSR count). The highest BCUT2D eigenvalue weighted by molar-refractivity contribution is 5.43. The Balaban J connectivity index is 1.91. The zero-order valence-corrected chi connectivity index (χ0v) is 13.4. The number of aryl methyl sites for hydroxylation is 2. The number of hydrogen-bond acceptors (Lipinski definition) is 5. The number of nitrogens with one attached hydrogen (secondary N) is 1. The van der Waals surface area contributed by atoms with Gasteiger partial charge in [-0.15, -0.1) is 0 Å². The highest BCUT2D eigenvalue weighted by Crippen LogP contribution is 2.38. The van der Waals surface area contributed by atoms with Crippen LogP contribution in [0.2, 0.25) is 0 Å². The summed E-state index contributed by atoms with van der Waals surface area (Å²) in [7, 11) is 0. The van der Waals surface area contributed by atoms with Gasteiger partial charge in [-0.2, -0.15) is 15.0 Å². The van der Waals surface area contributed by atoms with Crippen molar-refractivity contribution in [2.45, 2.75) is 52.0 Å². The summed E-state index contributed by atoms with van der Waals surface area (Å²) in [4.78, 5) is 12.8. The van der Waals surface area contributed by atoms with Crippen molar-refractivity contribution in [2.75, 3.05) is 11.1 Å². The minimum absolute atomic E-state index is 0.235. The Hall–Kier alpha value is -2.17. The quantitative estimate of drug-likeness (QED) is 0.908. The summed E-state index contributed by atoms with van der Waals surface area (Å²) in [6.45, 7) is 6.45. The second-order valence-corrected chi connectivity index (χ2v) is 6.09. The Bertz CT molecular complexity index is 683. The van der Waals surface area contributed by atoms with Crippen molar-refractivity contribution in [3.8, 4) is 0 Å². The van der Waals surface area contributed by atoms with Crippen LogP contribution in [0.5, 0.6) is 0 Å². The fourth-order valence-corrected chi connectivity index (χ4v) is 3.13. The minimum atomic E-state index is 0.235. The van der Waals surface area contributed by atoms with E-state index in [1.165, 1.54) is 16.7 Å². The SMILES string of the molecule is CCc1nc(N)nc(N[C@@H]2CC[C@H](C)c3cc(C)ccc32)n1.